The highest BCUT2D eigenvalue weighted by atomic mass is 79.9. The van der Waals surface area contributed by atoms with Crippen LogP contribution in [0, 0.1) is 11.3 Å². The topological polar surface area (TPSA) is 53.2 Å². The molecule has 0 saturated carbocycles. The minimum Gasteiger partial charge on any atom is -0.487 e. The van der Waals surface area contributed by atoms with E-state index in [1.54, 1.807) is 25.1 Å². The molecule has 0 aromatic heterocycles. The van der Waals surface area contributed by atoms with Crippen molar-refractivity contribution in [3.05, 3.63) is 28.2 Å². The number of benzene rings is 1. The minimum absolute atomic E-state index is 0.0720. The third-order valence-corrected chi connectivity index (χ3v) is 2.14. The second-order valence-electron chi connectivity index (χ2n) is 2.86. The van der Waals surface area contributed by atoms with Crippen LogP contribution < -0.4 is 4.74 Å². The van der Waals surface area contributed by atoms with E-state index in [4.69, 9.17) is 15.1 Å². The zero-order chi connectivity index (χ0) is 10.6. The first kappa shape index (κ1) is 11.0. The van der Waals surface area contributed by atoms with Gasteiger partial charge in [-0.05, 0) is 25.1 Å². The van der Waals surface area contributed by atoms with Gasteiger partial charge in [-0.1, -0.05) is 15.9 Å². The molecule has 74 valence electrons. The predicted molar refractivity (Wildman–Crippen MR) is 56.0 cm³/mol. The number of aliphatic hydroxyl groups excluding tert-OH is 1. The van der Waals surface area contributed by atoms with Crippen LogP contribution in [0.1, 0.15) is 12.5 Å². The lowest BCUT2D eigenvalue weighted by molar-refractivity contribution is 0.129. The third-order valence-electron chi connectivity index (χ3n) is 1.65. The van der Waals surface area contributed by atoms with E-state index in [1.165, 1.54) is 0 Å². The fourth-order valence-electron chi connectivity index (χ4n) is 0.940. The van der Waals surface area contributed by atoms with E-state index in [0.29, 0.717) is 11.3 Å². The molecule has 0 saturated heterocycles. The van der Waals surface area contributed by atoms with Crippen molar-refractivity contribution in [1.29, 1.82) is 5.26 Å². The van der Waals surface area contributed by atoms with E-state index in [0.717, 1.165) is 4.47 Å². The highest BCUT2D eigenvalue weighted by Gasteiger charge is 2.07. The third kappa shape index (κ3) is 2.72. The maximum atomic E-state index is 8.81. The Kier molecular flexibility index (Phi) is 3.93. The molecule has 0 amide bonds. The maximum absolute atomic E-state index is 8.81. The summed E-state index contributed by atoms with van der Waals surface area (Å²) in [5.74, 6) is 0.489. The van der Waals surface area contributed by atoms with Gasteiger partial charge in [-0.3, -0.25) is 0 Å². The van der Waals surface area contributed by atoms with Crippen LogP contribution in [0.2, 0.25) is 0 Å². The van der Waals surface area contributed by atoms with Gasteiger partial charge >= 0.3 is 0 Å². The van der Waals surface area contributed by atoms with Crippen LogP contribution >= 0.6 is 15.9 Å². The Hall–Kier alpha value is -1.05. The zero-order valence-electron chi connectivity index (χ0n) is 7.70. The van der Waals surface area contributed by atoms with Gasteiger partial charge in [0, 0.05) is 4.47 Å². The Bertz CT molecular complexity index is 360. The second kappa shape index (κ2) is 4.99. The number of hydrogen-bond donors (Lipinski definition) is 1. The molecule has 0 aliphatic carbocycles. The van der Waals surface area contributed by atoms with Crippen LogP contribution in [0.5, 0.6) is 5.75 Å². The van der Waals surface area contributed by atoms with Gasteiger partial charge in [-0.25, -0.2) is 0 Å². The predicted octanol–water partition coefficient (Wildman–Crippen LogP) is 2.08. The summed E-state index contributed by atoms with van der Waals surface area (Å²) < 4.78 is 6.21. The molecule has 0 radical (unpaired) electrons. The molecule has 0 aliphatic rings. The van der Waals surface area contributed by atoms with E-state index < -0.39 is 0 Å². The summed E-state index contributed by atoms with van der Waals surface area (Å²) in [5.41, 5.74) is 0.466. The molecular formula is C10H10BrNO2. The SMILES string of the molecule is CC(CO)Oc1cc(Br)ccc1C#N. The lowest BCUT2D eigenvalue weighted by atomic mass is 10.2. The van der Waals surface area contributed by atoms with E-state index in [-0.39, 0.29) is 12.7 Å². The molecular weight excluding hydrogens is 246 g/mol. The van der Waals surface area contributed by atoms with Gasteiger partial charge in [0.2, 0.25) is 0 Å². The molecule has 1 aromatic carbocycles. The highest BCUT2D eigenvalue weighted by Crippen LogP contribution is 2.23. The van der Waals surface area contributed by atoms with Gasteiger partial charge in [0.05, 0.1) is 12.2 Å². The Morgan fingerprint density at radius 3 is 2.93 bits per heavy atom. The largest absolute Gasteiger partial charge is 0.487 e. The second-order valence-corrected chi connectivity index (χ2v) is 3.78. The van der Waals surface area contributed by atoms with Crippen molar-refractivity contribution >= 4 is 15.9 Å². The molecule has 1 unspecified atom stereocenters. The molecule has 3 nitrogen and oxygen atoms in total. The Labute approximate surface area is 91.1 Å². The van der Waals surface area contributed by atoms with Crippen molar-refractivity contribution < 1.29 is 9.84 Å². The van der Waals surface area contributed by atoms with Crippen molar-refractivity contribution in [3.8, 4) is 11.8 Å². The summed E-state index contributed by atoms with van der Waals surface area (Å²) in [5, 5.41) is 17.6. The first-order valence-corrected chi connectivity index (χ1v) is 4.94. The molecule has 0 heterocycles. The Balaban J connectivity index is 2.94. The number of nitriles is 1. The molecule has 1 aromatic rings. The smallest absolute Gasteiger partial charge is 0.138 e. The number of rotatable bonds is 3. The summed E-state index contributed by atoms with van der Waals surface area (Å²) >= 11 is 3.29. The summed E-state index contributed by atoms with van der Waals surface area (Å²) in [4.78, 5) is 0. The van der Waals surface area contributed by atoms with E-state index in [2.05, 4.69) is 15.9 Å². The first-order valence-electron chi connectivity index (χ1n) is 4.14. The molecule has 1 rings (SSSR count). The monoisotopic (exact) mass is 255 g/mol. The quantitative estimate of drug-likeness (QED) is 0.900. The standard InChI is InChI=1S/C10H10BrNO2/c1-7(6-13)14-10-4-9(11)3-2-8(10)5-12/h2-4,7,13H,6H2,1H3. The van der Waals surface area contributed by atoms with Gasteiger partial charge in [0.15, 0.2) is 0 Å². The molecule has 1 N–H and O–H groups in total. The van der Waals surface area contributed by atoms with Gasteiger partial charge in [0.25, 0.3) is 0 Å². The van der Waals surface area contributed by atoms with Crippen molar-refractivity contribution in [2.75, 3.05) is 6.61 Å². The molecule has 14 heavy (non-hydrogen) atoms. The molecule has 0 bridgehead atoms. The van der Waals surface area contributed by atoms with Gasteiger partial charge in [-0.15, -0.1) is 0 Å². The van der Waals surface area contributed by atoms with Crippen molar-refractivity contribution in [2.24, 2.45) is 0 Å². The van der Waals surface area contributed by atoms with Crippen molar-refractivity contribution in [1.82, 2.24) is 0 Å². The lowest BCUT2D eigenvalue weighted by Crippen LogP contribution is -2.16. The van der Waals surface area contributed by atoms with E-state index in [1.807, 2.05) is 6.07 Å². The first-order chi connectivity index (χ1) is 6.67. The van der Waals surface area contributed by atoms with Gasteiger partial charge in [-0.2, -0.15) is 5.26 Å². The number of hydrogen-bond acceptors (Lipinski definition) is 3. The van der Waals surface area contributed by atoms with E-state index >= 15 is 0 Å². The van der Waals surface area contributed by atoms with Crippen molar-refractivity contribution in [2.45, 2.75) is 13.0 Å². The summed E-state index contributed by atoms with van der Waals surface area (Å²) in [6.07, 6.45) is -0.309. The molecule has 1 atom stereocenters. The van der Waals surface area contributed by atoms with Crippen LogP contribution in [0.15, 0.2) is 22.7 Å². The summed E-state index contributed by atoms with van der Waals surface area (Å²) in [6.45, 7) is 1.67. The van der Waals surface area contributed by atoms with Crippen LogP contribution in [0.3, 0.4) is 0 Å². The minimum atomic E-state index is -0.309. The lowest BCUT2D eigenvalue weighted by Gasteiger charge is -2.13. The van der Waals surface area contributed by atoms with Crippen LogP contribution in [0.25, 0.3) is 0 Å². The molecule has 0 fully saturated rings. The van der Waals surface area contributed by atoms with Crippen molar-refractivity contribution in [3.63, 3.8) is 0 Å². The van der Waals surface area contributed by atoms with Crippen LogP contribution in [-0.2, 0) is 0 Å². The van der Waals surface area contributed by atoms with Crippen LogP contribution in [-0.4, -0.2) is 17.8 Å². The Morgan fingerprint density at radius 2 is 2.36 bits per heavy atom. The average Bonchev–Trinajstić information content (AvgIpc) is 2.18. The normalized spacial score (nSPS) is 11.9. The van der Waals surface area contributed by atoms with Gasteiger partial charge in [0.1, 0.15) is 17.9 Å². The molecule has 4 heteroatoms. The molecule has 0 spiro atoms. The number of aliphatic hydroxyl groups is 1. The zero-order valence-corrected chi connectivity index (χ0v) is 9.28. The van der Waals surface area contributed by atoms with Gasteiger partial charge < -0.3 is 9.84 Å². The fraction of sp³-hybridized carbons (Fsp3) is 0.300. The average molecular weight is 256 g/mol. The number of ether oxygens (including phenoxy) is 1. The molecule has 0 aliphatic heterocycles. The highest BCUT2D eigenvalue weighted by molar-refractivity contribution is 9.10. The summed E-state index contributed by atoms with van der Waals surface area (Å²) in [6, 6.07) is 7.18. The summed E-state index contributed by atoms with van der Waals surface area (Å²) in [7, 11) is 0. The Morgan fingerprint density at radius 1 is 1.64 bits per heavy atom. The number of nitrogens with zero attached hydrogens (tertiary/aromatic N) is 1. The fourth-order valence-corrected chi connectivity index (χ4v) is 1.28. The van der Waals surface area contributed by atoms with Crippen LogP contribution in [0.4, 0.5) is 0 Å². The van der Waals surface area contributed by atoms with E-state index in [9.17, 15) is 0 Å². The maximum Gasteiger partial charge on any atom is 0.138 e. The number of halogens is 1.